The zero-order valence-electron chi connectivity index (χ0n) is 19.9. The first-order valence-corrected chi connectivity index (χ1v) is 11.3. The van der Waals surface area contributed by atoms with E-state index >= 15 is 0 Å². The normalized spacial score (nSPS) is 21.7. The SMILES string of the molecule is CCCC[C@H]1O[C@H](OC)C[C@@H](OC(=O)c2ccc([N+](=O)[O-])cc2)[C@@H]1OC(=O)c1ccc(OC)cc1. The summed E-state index contributed by atoms with van der Waals surface area (Å²) in [7, 11) is 3.02. The van der Waals surface area contributed by atoms with Gasteiger partial charge in [-0.15, -0.1) is 0 Å². The van der Waals surface area contributed by atoms with Crippen LogP contribution in [-0.2, 0) is 18.9 Å². The van der Waals surface area contributed by atoms with Gasteiger partial charge in [-0.3, -0.25) is 10.1 Å². The zero-order chi connectivity index (χ0) is 25.4. The summed E-state index contributed by atoms with van der Waals surface area (Å²) in [6, 6.07) is 11.6. The van der Waals surface area contributed by atoms with Crippen molar-refractivity contribution in [1.29, 1.82) is 0 Å². The molecule has 188 valence electrons. The lowest BCUT2D eigenvalue weighted by molar-refractivity contribution is -0.384. The molecule has 0 spiro atoms. The van der Waals surface area contributed by atoms with E-state index in [0.717, 1.165) is 12.8 Å². The molecule has 0 aliphatic carbocycles. The highest BCUT2D eigenvalue weighted by molar-refractivity contribution is 5.90. The molecule has 35 heavy (non-hydrogen) atoms. The Balaban J connectivity index is 1.82. The highest BCUT2D eigenvalue weighted by Crippen LogP contribution is 2.30. The van der Waals surface area contributed by atoms with Crippen LogP contribution in [0.3, 0.4) is 0 Å². The predicted octanol–water partition coefficient (Wildman–Crippen LogP) is 4.31. The maximum atomic E-state index is 12.9. The van der Waals surface area contributed by atoms with Crippen LogP contribution < -0.4 is 4.74 Å². The number of esters is 2. The first kappa shape index (κ1) is 26.1. The summed E-state index contributed by atoms with van der Waals surface area (Å²) in [5, 5.41) is 10.9. The van der Waals surface area contributed by atoms with Crippen LogP contribution in [0.5, 0.6) is 5.75 Å². The second-order valence-electron chi connectivity index (χ2n) is 8.06. The topological polar surface area (TPSA) is 123 Å². The van der Waals surface area contributed by atoms with E-state index in [1.54, 1.807) is 24.3 Å². The lowest BCUT2D eigenvalue weighted by atomic mass is 9.96. The number of rotatable bonds is 10. The molecule has 2 aromatic carbocycles. The zero-order valence-corrected chi connectivity index (χ0v) is 19.9. The fourth-order valence-electron chi connectivity index (χ4n) is 3.79. The lowest BCUT2D eigenvalue weighted by Crippen LogP contribution is -2.52. The van der Waals surface area contributed by atoms with E-state index in [1.807, 2.05) is 6.92 Å². The summed E-state index contributed by atoms with van der Waals surface area (Å²) < 4.78 is 28.1. The third-order valence-electron chi connectivity index (χ3n) is 5.73. The standard InChI is InChI=1S/C25H29NO9/c1-4-5-6-20-23(35-25(28)17-9-13-19(31-2)14-10-17)21(15-22(32-3)33-20)34-24(27)16-7-11-18(12-8-16)26(29)30/h7-14,20-23H,4-6,15H2,1-3H3/t20-,21-,22+,23-/m1/s1. The van der Waals surface area contributed by atoms with Crippen molar-refractivity contribution in [3.63, 3.8) is 0 Å². The van der Waals surface area contributed by atoms with Gasteiger partial charge in [0.05, 0.1) is 23.2 Å². The van der Waals surface area contributed by atoms with Crippen LogP contribution in [0.1, 0.15) is 53.3 Å². The molecule has 1 heterocycles. The highest BCUT2D eigenvalue weighted by atomic mass is 16.7. The van der Waals surface area contributed by atoms with Crippen LogP contribution in [-0.4, -0.2) is 55.7 Å². The molecule has 1 fully saturated rings. The van der Waals surface area contributed by atoms with Crippen molar-refractivity contribution in [3.05, 3.63) is 69.8 Å². The van der Waals surface area contributed by atoms with Crippen molar-refractivity contribution in [2.45, 2.75) is 57.2 Å². The van der Waals surface area contributed by atoms with Crippen LogP contribution >= 0.6 is 0 Å². The molecule has 0 bridgehead atoms. The highest BCUT2D eigenvalue weighted by Gasteiger charge is 2.43. The minimum absolute atomic E-state index is 0.140. The molecule has 0 radical (unpaired) electrons. The lowest BCUT2D eigenvalue weighted by Gasteiger charge is -2.40. The molecule has 0 saturated carbocycles. The van der Waals surface area contributed by atoms with E-state index in [9.17, 15) is 19.7 Å². The number of nitrogens with zero attached hydrogens (tertiary/aromatic N) is 1. The number of methoxy groups -OCH3 is 2. The van der Waals surface area contributed by atoms with Crippen LogP contribution in [0.15, 0.2) is 48.5 Å². The number of nitro benzene ring substituents is 1. The summed E-state index contributed by atoms with van der Waals surface area (Å²) >= 11 is 0. The van der Waals surface area contributed by atoms with Gasteiger partial charge in [0, 0.05) is 25.7 Å². The number of carbonyl (C=O) groups excluding carboxylic acids is 2. The van der Waals surface area contributed by atoms with Gasteiger partial charge in [-0.25, -0.2) is 9.59 Å². The van der Waals surface area contributed by atoms with E-state index in [1.165, 1.54) is 38.5 Å². The van der Waals surface area contributed by atoms with E-state index in [2.05, 4.69) is 0 Å². The summed E-state index contributed by atoms with van der Waals surface area (Å²) in [4.78, 5) is 36.1. The monoisotopic (exact) mass is 487 g/mol. The van der Waals surface area contributed by atoms with E-state index in [-0.39, 0.29) is 17.7 Å². The second kappa shape index (κ2) is 12.3. The Morgan fingerprint density at radius 3 is 2.14 bits per heavy atom. The minimum Gasteiger partial charge on any atom is -0.497 e. The fraction of sp³-hybridized carbons (Fsp3) is 0.440. The average Bonchev–Trinajstić information content (AvgIpc) is 2.88. The van der Waals surface area contributed by atoms with Crippen LogP contribution in [0.2, 0.25) is 0 Å². The number of non-ortho nitro benzene ring substituents is 1. The number of carbonyl (C=O) groups is 2. The smallest absolute Gasteiger partial charge is 0.338 e. The Labute approximate surface area is 203 Å². The van der Waals surface area contributed by atoms with Gasteiger partial charge < -0.3 is 23.7 Å². The van der Waals surface area contributed by atoms with Gasteiger partial charge in [-0.05, 0) is 42.8 Å². The molecule has 4 atom stereocenters. The van der Waals surface area contributed by atoms with Gasteiger partial charge in [-0.1, -0.05) is 19.8 Å². The van der Waals surface area contributed by atoms with Crippen molar-refractivity contribution >= 4 is 17.6 Å². The Bertz CT molecular complexity index is 1010. The van der Waals surface area contributed by atoms with E-state index < -0.39 is 41.5 Å². The number of hydrogen-bond donors (Lipinski definition) is 0. The quantitative estimate of drug-likeness (QED) is 0.274. The molecule has 0 N–H and O–H groups in total. The third-order valence-corrected chi connectivity index (χ3v) is 5.73. The van der Waals surface area contributed by atoms with E-state index in [4.69, 9.17) is 23.7 Å². The molecule has 1 aliphatic heterocycles. The van der Waals surface area contributed by atoms with Gasteiger partial charge in [0.25, 0.3) is 5.69 Å². The predicted molar refractivity (Wildman–Crippen MR) is 124 cm³/mol. The number of nitro groups is 1. The van der Waals surface area contributed by atoms with Crippen molar-refractivity contribution in [2.24, 2.45) is 0 Å². The Hall–Kier alpha value is -3.50. The van der Waals surface area contributed by atoms with Crippen LogP contribution in [0, 0.1) is 10.1 Å². The van der Waals surface area contributed by atoms with E-state index in [0.29, 0.717) is 17.7 Å². The average molecular weight is 488 g/mol. The molecule has 0 unspecified atom stereocenters. The van der Waals surface area contributed by atoms with Crippen LogP contribution in [0.25, 0.3) is 0 Å². The molecule has 0 amide bonds. The maximum Gasteiger partial charge on any atom is 0.338 e. The summed E-state index contributed by atoms with van der Waals surface area (Å²) in [6.45, 7) is 2.03. The van der Waals surface area contributed by atoms with Crippen molar-refractivity contribution in [3.8, 4) is 5.75 Å². The first-order chi connectivity index (χ1) is 16.9. The van der Waals surface area contributed by atoms with Crippen molar-refractivity contribution in [2.75, 3.05) is 14.2 Å². The first-order valence-electron chi connectivity index (χ1n) is 11.3. The Morgan fingerprint density at radius 1 is 1.00 bits per heavy atom. The maximum absolute atomic E-state index is 12.9. The van der Waals surface area contributed by atoms with Crippen molar-refractivity contribution < 1.29 is 38.2 Å². The third kappa shape index (κ3) is 6.77. The Kier molecular flexibility index (Phi) is 9.16. The van der Waals surface area contributed by atoms with Gasteiger partial charge in [0.1, 0.15) is 18.0 Å². The molecular formula is C25H29NO9. The van der Waals surface area contributed by atoms with Gasteiger partial charge >= 0.3 is 11.9 Å². The number of hydrogen-bond acceptors (Lipinski definition) is 9. The molecule has 3 rings (SSSR count). The van der Waals surface area contributed by atoms with Gasteiger partial charge in [0.2, 0.25) is 0 Å². The van der Waals surface area contributed by atoms with Crippen molar-refractivity contribution in [1.82, 2.24) is 0 Å². The molecular weight excluding hydrogens is 458 g/mol. The number of ether oxygens (including phenoxy) is 5. The molecule has 1 aliphatic rings. The molecule has 2 aromatic rings. The summed E-state index contributed by atoms with van der Waals surface area (Å²) in [5.41, 5.74) is 0.314. The van der Waals surface area contributed by atoms with Gasteiger partial charge in [0.15, 0.2) is 12.4 Å². The number of unbranched alkanes of at least 4 members (excludes halogenated alkanes) is 1. The summed E-state index contributed by atoms with van der Waals surface area (Å²) in [5.74, 6) is -0.683. The molecule has 0 aromatic heterocycles. The molecule has 10 heteroatoms. The second-order valence-corrected chi connectivity index (χ2v) is 8.06. The molecule has 10 nitrogen and oxygen atoms in total. The summed E-state index contributed by atoms with van der Waals surface area (Å²) in [6.07, 6.45) is -0.496. The van der Waals surface area contributed by atoms with Crippen LogP contribution in [0.4, 0.5) is 5.69 Å². The number of benzene rings is 2. The molecule has 1 saturated heterocycles. The van der Waals surface area contributed by atoms with Gasteiger partial charge in [-0.2, -0.15) is 0 Å². The fourth-order valence-corrected chi connectivity index (χ4v) is 3.79. The largest absolute Gasteiger partial charge is 0.497 e. The Morgan fingerprint density at radius 2 is 1.60 bits per heavy atom. The minimum atomic E-state index is -0.871.